The fourth-order valence-corrected chi connectivity index (χ4v) is 1.73. The molecule has 3 nitrogen and oxygen atoms in total. The molecule has 2 N–H and O–H groups in total. The Morgan fingerprint density at radius 1 is 1.57 bits per heavy atom. The summed E-state index contributed by atoms with van der Waals surface area (Å²) >= 11 is 1.67. The lowest BCUT2D eigenvalue weighted by molar-refractivity contribution is 0.207. The fraction of sp³-hybridized carbons (Fsp3) is 0.700. The van der Waals surface area contributed by atoms with Gasteiger partial charge in [0, 0.05) is 24.6 Å². The smallest absolute Gasteiger partial charge is 0.0897 e. The first-order chi connectivity index (χ1) is 6.63. The Morgan fingerprint density at radius 2 is 2.29 bits per heavy atom. The van der Waals surface area contributed by atoms with Crippen molar-refractivity contribution in [2.24, 2.45) is 5.92 Å². The standard InChI is InChI=1S/C10H18N2OS/c1-7(5-13)8(2)11-4-10-6-14-9(3)12-10/h6-8,11,13H,4-5H2,1-3H3. The van der Waals surface area contributed by atoms with Crippen molar-refractivity contribution in [3.63, 3.8) is 0 Å². The van der Waals surface area contributed by atoms with Gasteiger partial charge in [-0.25, -0.2) is 4.98 Å². The highest BCUT2D eigenvalue weighted by atomic mass is 32.1. The first-order valence-electron chi connectivity index (χ1n) is 4.88. The third kappa shape index (κ3) is 3.36. The van der Waals surface area contributed by atoms with Crippen LogP contribution in [0.5, 0.6) is 0 Å². The summed E-state index contributed by atoms with van der Waals surface area (Å²) in [5, 5.41) is 15.5. The molecular formula is C10H18N2OS. The normalized spacial score (nSPS) is 15.4. The monoisotopic (exact) mass is 214 g/mol. The number of aryl methyl sites for hydroxylation is 1. The van der Waals surface area contributed by atoms with Gasteiger partial charge in [-0.2, -0.15) is 0 Å². The molecular weight excluding hydrogens is 196 g/mol. The summed E-state index contributed by atoms with van der Waals surface area (Å²) in [4.78, 5) is 4.36. The zero-order valence-corrected chi connectivity index (χ0v) is 9.77. The van der Waals surface area contributed by atoms with Crippen LogP contribution in [0.25, 0.3) is 0 Å². The molecule has 0 radical (unpaired) electrons. The van der Waals surface area contributed by atoms with Gasteiger partial charge in [0.1, 0.15) is 0 Å². The van der Waals surface area contributed by atoms with Crippen molar-refractivity contribution in [2.75, 3.05) is 6.61 Å². The molecule has 1 rings (SSSR count). The molecule has 0 aliphatic heterocycles. The van der Waals surface area contributed by atoms with E-state index in [-0.39, 0.29) is 12.5 Å². The van der Waals surface area contributed by atoms with E-state index < -0.39 is 0 Å². The van der Waals surface area contributed by atoms with Crippen LogP contribution < -0.4 is 5.32 Å². The first kappa shape index (κ1) is 11.6. The number of aliphatic hydroxyl groups excluding tert-OH is 1. The van der Waals surface area contributed by atoms with Crippen molar-refractivity contribution < 1.29 is 5.11 Å². The van der Waals surface area contributed by atoms with Crippen LogP contribution in [0.1, 0.15) is 24.5 Å². The van der Waals surface area contributed by atoms with Crippen LogP contribution >= 0.6 is 11.3 Å². The lowest BCUT2D eigenvalue weighted by Gasteiger charge is -2.18. The zero-order valence-electron chi connectivity index (χ0n) is 8.95. The van der Waals surface area contributed by atoms with Gasteiger partial charge in [0.25, 0.3) is 0 Å². The SMILES string of the molecule is Cc1nc(CNC(C)C(C)CO)cs1. The number of nitrogens with zero attached hydrogens (tertiary/aromatic N) is 1. The number of thiazole rings is 1. The van der Waals surface area contributed by atoms with E-state index in [2.05, 4.69) is 22.6 Å². The Kier molecular flexibility index (Phi) is 4.51. The van der Waals surface area contributed by atoms with E-state index in [9.17, 15) is 0 Å². The highest BCUT2D eigenvalue weighted by Gasteiger charge is 2.10. The Morgan fingerprint density at radius 3 is 2.79 bits per heavy atom. The summed E-state index contributed by atoms with van der Waals surface area (Å²) in [6.45, 7) is 7.14. The molecule has 1 aromatic heterocycles. The van der Waals surface area contributed by atoms with Gasteiger partial charge in [-0.05, 0) is 19.8 Å². The van der Waals surface area contributed by atoms with Crippen molar-refractivity contribution in [1.82, 2.24) is 10.3 Å². The van der Waals surface area contributed by atoms with E-state index in [1.807, 2.05) is 13.8 Å². The second-order valence-electron chi connectivity index (χ2n) is 3.69. The van der Waals surface area contributed by atoms with Gasteiger partial charge < -0.3 is 10.4 Å². The lowest BCUT2D eigenvalue weighted by atomic mass is 10.1. The van der Waals surface area contributed by atoms with Gasteiger partial charge in [-0.15, -0.1) is 11.3 Å². The highest BCUT2D eigenvalue weighted by molar-refractivity contribution is 7.09. The van der Waals surface area contributed by atoms with Crippen LogP contribution in [-0.2, 0) is 6.54 Å². The van der Waals surface area contributed by atoms with Crippen LogP contribution in [0, 0.1) is 12.8 Å². The first-order valence-corrected chi connectivity index (χ1v) is 5.76. The molecule has 0 saturated heterocycles. The summed E-state index contributed by atoms with van der Waals surface area (Å²) in [6, 6.07) is 0.321. The largest absolute Gasteiger partial charge is 0.396 e. The predicted octanol–water partition coefficient (Wildman–Crippen LogP) is 1.56. The molecule has 80 valence electrons. The minimum atomic E-state index is 0.226. The molecule has 1 aromatic rings. The number of hydrogen-bond donors (Lipinski definition) is 2. The second-order valence-corrected chi connectivity index (χ2v) is 4.75. The second kappa shape index (κ2) is 5.44. The van der Waals surface area contributed by atoms with Gasteiger partial charge in [-0.1, -0.05) is 6.92 Å². The minimum Gasteiger partial charge on any atom is -0.396 e. The number of aromatic nitrogens is 1. The summed E-state index contributed by atoms with van der Waals surface area (Å²) in [6.07, 6.45) is 0. The molecule has 0 aromatic carbocycles. The Bertz CT molecular complexity index is 275. The highest BCUT2D eigenvalue weighted by Crippen LogP contribution is 2.08. The molecule has 4 heteroatoms. The van der Waals surface area contributed by atoms with E-state index in [0.29, 0.717) is 6.04 Å². The van der Waals surface area contributed by atoms with Crippen LogP contribution in [0.15, 0.2) is 5.38 Å². The zero-order chi connectivity index (χ0) is 10.6. The Hall–Kier alpha value is -0.450. The molecule has 2 unspecified atom stereocenters. The van der Waals surface area contributed by atoms with E-state index in [4.69, 9.17) is 5.11 Å². The Labute approximate surface area is 89.2 Å². The number of aliphatic hydroxyl groups is 1. The third-order valence-corrected chi connectivity index (χ3v) is 3.24. The summed E-state index contributed by atoms with van der Waals surface area (Å²) < 4.78 is 0. The van der Waals surface area contributed by atoms with Crippen molar-refractivity contribution in [1.29, 1.82) is 0 Å². The summed E-state index contributed by atoms with van der Waals surface area (Å²) in [7, 11) is 0. The van der Waals surface area contributed by atoms with Gasteiger partial charge in [-0.3, -0.25) is 0 Å². The summed E-state index contributed by atoms with van der Waals surface area (Å²) in [5.74, 6) is 0.287. The van der Waals surface area contributed by atoms with Crippen molar-refractivity contribution >= 4 is 11.3 Å². The van der Waals surface area contributed by atoms with Gasteiger partial charge in [0.2, 0.25) is 0 Å². The quantitative estimate of drug-likeness (QED) is 0.782. The van der Waals surface area contributed by atoms with E-state index >= 15 is 0 Å². The molecule has 0 aliphatic rings. The average molecular weight is 214 g/mol. The molecule has 2 atom stereocenters. The lowest BCUT2D eigenvalue weighted by Crippen LogP contribution is -2.33. The van der Waals surface area contributed by atoms with Crippen LogP contribution in [0.3, 0.4) is 0 Å². The fourth-order valence-electron chi connectivity index (χ4n) is 1.11. The van der Waals surface area contributed by atoms with E-state index in [1.165, 1.54) is 0 Å². The molecule has 0 bridgehead atoms. The van der Waals surface area contributed by atoms with Gasteiger partial charge in [0.15, 0.2) is 0 Å². The van der Waals surface area contributed by atoms with Gasteiger partial charge >= 0.3 is 0 Å². The molecule has 1 heterocycles. The van der Waals surface area contributed by atoms with Crippen molar-refractivity contribution in [2.45, 2.75) is 33.4 Å². The molecule has 0 saturated carbocycles. The van der Waals surface area contributed by atoms with E-state index in [0.717, 1.165) is 17.2 Å². The average Bonchev–Trinajstić information content (AvgIpc) is 2.59. The van der Waals surface area contributed by atoms with Crippen LogP contribution in [0.2, 0.25) is 0 Å². The predicted molar refractivity (Wildman–Crippen MR) is 59.4 cm³/mol. The third-order valence-electron chi connectivity index (χ3n) is 2.41. The number of rotatable bonds is 5. The maximum Gasteiger partial charge on any atom is 0.0897 e. The summed E-state index contributed by atoms with van der Waals surface area (Å²) in [5.41, 5.74) is 1.09. The topological polar surface area (TPSA) is 45.2 Å². The van der Waals surface area contributed by atoms with Crippen LogP contribution in [-0.4, -0.2) is 22.7 Å². The molecule has 0 spiro atoms. The van der Waals surface area contributed by atoms with Crippen LogP contribution in [0.4, 0.5) is 0 Å². The number of nitrogens with one attached hydrogen (secondary N) is 1. The minimum absolute atomic E-state index is 0.226. The molecule has 14 heavy (non-hydrogen) atoms. The maximum atomic E-state index is 8.95. The van der Waals surface area contributed by atoms with Crippen molar-refractivity contribution in [3.05, 3.63) is 16.1 Å². The van der Waals surface area contributed by atoms with Gasteiger partial charge in [0.05, 0.1) is 10.7 Å². The molecule has 0 fully saturated rings. The maximum absolute atomic E-state index is 8.95. The number of hydrogen-bond acceptors (Lipinski definition) is 4. The molecule has 0 aliphatic carbocycles. The van der Waals surface area contributed by atoms with Crippen molar-refractivity contribution in [3.8, 4) is 0 Å². The Balaban J connectivity index is 2.33. The molecule has 0 amide bonds. The van der Waals surface area contributed by atoms with E-state index in [1.54, 1.807) is 11.3 Å².